The van der Waals surface area contributed by atoms with Crippen LogP contribution in [0.2, 0.25) is 0 Å². The molecule has 0 fully saturated rings. The number of aromatic nitrogens is 3. The Morgan fingerprint density at radius 2 is 2.11 bits per heavy atom. The average Bonchev–Trinajstić information content (AvgIpc) is 2.92. The molecule has 5 heteroatoms. The largest absolute Gasteiger partial charge is 0.304 e. The predicted molar refractivity (Wildman–Crippen MR) is 79.4 cm³/mol. The molecule has 2 aromatic heterocycles. The van der Waals surface area contributed by atoms with E-state index in [4.69, 9.17) is 0 Å². The molecule has 0 saturated carbocycles. The summed E-state index contributed by atoms with van der Waals surface area (Å²) in [7, 11) is 1.98. The van der Waals surface area contributed by atoms with Crippen LogP contribution in [0.25, 0.3) is 0 Å². The van der Waals surface area contributed by atoms with Gasteiger partial charge in [0, 0.05) is 36.4 Å². The highest BCUT2D eigenvalue weighted by atomic mass is 32.1. The topological polar surface area (TPSA) is 42.7 Å². The van der Waals surface area contributed by atoms with E-state index in [9.17, 15) is 0 Å². The molecule has 19 heavy (non-hydrogen) atoms. The number of thiazole rings is 1. The molecule has 0 aliphatic carbocycles. The zero-order chi connectivity index (χ0) is 14.0. The lowest BCUT2D eigenvalue weighted by Gasteiger charge is -2.11. The van der Waals surface area contributed by atoms with Crippen molar-refractivity contribution < 1.29 is 0 Å². The molecular weight excluding hydrogens is 256 g/mol. The van der Waals surface area contributed by atoms with Crippen molar-refractivity contribution in [2.75, 3.05) is 0 Å². The Hall–Kier alpha value is -1.20. The van der Waals surface area contributed by atoms with Crippen LogP contribution >= 0.6 is 11.3 Å². The maximum atomic E-state index is 4.53. The van der Waals surface area contributed by atoms with Gasteiger partial charge in [0.25, 0.3) is 0 Å². The van der Waals surface area contributed by atoms with Crippen molar-refractivity contribution in [3.8, 4) is 0 Å². The van der Waals surface area contributed by atoms with Crippen LogP contribution in [0.15, 0.2) is 11.6 Å². The highest BCUT2D eigenvalue weighted by Crippen LogP contribution is 2.20. The number of nitrogens with one attached hydrogen (secondary N) is 1. The number of rotatable bonds is 5. The van der Waals surface area contributed by atoms with E-state index in [0.717, 1.165) is 17.2 Å². The van der Waals surface area contributed by atoms with Gasteiger partial charge in [-0.15, -0.1) is 11.3 Å². The summed E-state index contributed by atoms with van der Waals surface area (Å²) in [5, 5.41) is 11.3. The smallest absolute Gasteiger partial charge is 0.110 e. The Labute approximate surface area is 118 Å². The Kier molecular flexibility index (Phi) is 4.37. The van der Waals surface area contributed by atoms with Gasteiger partial charge in [0.2, 0.25) is 0 Å². The first-order chi connectivity index (χ1) is 8.97. The van der Waals surface area contributed by atoms with E-state index >= 15 is 0 Å². The van der Waals surface area contributed by atoms with E-state index in [1.807, 2.05) is 18.7 Å². The molecule has 4 nitrogen and oxygen atoms in total. The molecule has 0 radical (unpaired) electrons. The maximum Gasteiger partial charge on any atom is 0.110 e. The van der Waals surface area contributed by atoms with Crippen LogP contribution < -0.4 is 5.32 Å². The Bertz CT molecular complexity index is 541. The molecule has 0 aliphatic heterocycles. The summed E-state index contributed by atoms with van der Waals surface area (Å²) in [6, 6.07) is 0.277. The lowest BCUT2D eigenvalue weighted by Crippen LogP contribution is -2.18. The number of hydrogen-bond acceptors (Lipinski definition) is 4. The standard InChI is InChI=1S/C14H22N4S/c1-9(2)13-12(7-18(5)17-13)6-15-11(4)14-16-10(3)8-19-14/h7-9,11,15H,6H2,1-5H3. The molecule has 1 N–H and O–H groups in total. The molecule has 1 atom stereocenters. The fourth-order valence-electron chi connectivity index (χ4n) is 2.10. The molecule has 2 heterocycles. The summed E-state index contributed by atoms with van der Waals surface area (Å²) in [5.41, 5.74) is 3.55. The minimum Gasteiger partial charge on any atom is -0.304 e. The second kappa shape index (κ2) is 5.84. The lowest BCUT2D eigenvalue weighted by molar-refractivity contribution is 0.567. The number of aryl methyl sites for hydroxylation is 2. The Morgan fingerprint density at radius 3 is 2.68 bits per heavy atom. The molecule has 104 valence electrons. The number of nitrogens with zero attached hydrogens (tertiary/aromatic N) is 3. The second-order valence-electron chi connectivity index (χ2n) is 5.30. The Morgan fingerprint density at radius 1 is 1.37 bits per heavy atom. The van der Waals surface area contributed by atoms with E-state index in [-0.39, 0.29) is 6.04 Å². The molecule has 0 aromatic carbocycles. The summed E-state index contributed by atoms with van der Waals surface area (Å²) in [4.78, 5) is 4.52. The van der Waals surface area contributed by atoms with Gasteiger partial charge in [-0.3, -0.25) is 4.68 Å². The van der Waals surface area contributed by atoms with Crippen LogP contribution in [-0.4, -0.2) is 14.8 Å². The van der Waals surface area contributed by atoms with Crippen LogP contribution in [0.3, 0.4) is 0 Å². The average molecular weight is 278 g/mol. The van der Waals surface area contributed by atoms with Gasteiger partial charge in [0.15, 0.2) is 0 Å². The fourth-order valence-corrected chi connectivity index (χ4v) is 2.93. The highest BCUT2D eigenvalue weighted by Gasteiger charge is 2.14. The summed E-state index contributed by atoms with van der Waals surface area (Å²) < 4.78 is 1.89. The minimum absolute atomic E-state index is 0.277. The Balaban J connectivity index is 2.02. The van der Waals surface area contributed by atoms with Gasteiger partial charge in [0.1, 0.15) is 5.01 Å². The highest BCUT2D eigenvalue weighted by molar-refractivity contribution is 7.09. The van der Waals surface area contributed by atoms with E-state index in [2.05, 4.69) is 47.7 Å². The molecule has 0 spiro atoms. The van der Waals surface area contributed by atoms with Crippen LogP contribution in [0.1, 0.15) is 54.7 Å². The second-order valence-corrected chi connectivity index (χ2v) is 6.19. The van der Waals surface area contributed by atoms with Crippen LogP contribution in [-0.2, 0) is 13.6 Å². The van der Waals surface area contributed by atoms with Crippen molar-refractivity contribution in [1.29, 1.82) is 0 Å². The van der Waals surface area contributed by atoms with E-state index < -0.39 is 0 Å². The monoisotopic (exact) mass is 278 g/mol. The van der Waals surface area contributed by atoms with Gasteiger partial charge in [-0.05, 0) is 19.8 Å². The molecule has 2 aromatic rings. The van der Waals surface area contributed by atoms with Crippen LogP contribution in [0.4, 0.5) is 0 Å². The van der Waals surface area contributed by atoms with E-state index in [1.165, 1.54) is 11.3 Å². The summed E-state index contributed by atoms with van der Waals surface area (Å²) in [6.45, 7) is 9.38. The molecular formula is C14H22N4S. The minimum atomic E-state index is 0.277. The van der Waals surface area contributed by atoms with Crippen molar-refractivity contribution in [1.82, 2.24) is 20.1 Å². The van der Waals surface area contributed by atoms with Gasteiger partial charge in [-0.25, -0.2) is 4.98 Å². The van der Waals surface area contributed by atoms with Gasteiger partial charge >= 0.3 is 0 Å². The quantitative estimate of drug-likeness (QED) is 0.913. The van der Waals surface area contributed by atoms with E-state index in [0.29, 0.717) is 5.92 Å². The third-order valence-corrected chi connectivity index (χ3v) is 4.24. The third-order valence-electron chi connectivity index (χ3n) is 3.09. The molecule has 0 bridgehead atoms. The van der Waals surface area contributed by atoms with E-state index in [1.54, 1.807) is 11.3 Å². The zero-order valence-electron chi connectivity index (χ0n) is 12.3. The van der Waals surface area contributed by atoms with Gasteiger partial charge < -0.3 is 5.32 Å². The maximum absolute atomic E-state index is 4.53. The zero-order valence-corrected chi connectivity index (χ0v) is 13.1. The van der Waals surface area contributed by atoms with Gasteiger partial charge in [0.05, 0.1) is 11.7 Å². The van der Waals surface area contributed by atoms with Crippen LogP contribution in [0, 0.1) is 6.92 Å². The van der Waals surface area contributed by atoms with Crippen molar-refractivity contribution in [3.05, 3.63) is 33.5 Å². The number of hydrogen-bond donors (Lipinski definition) is 1. The SMILES string of the molecule is Cc1csc(C(C)NCc2cn(C)nc2C(C)C)n1. The summed E-state index contributed by atoms with van der Waals surface area (Å²) in [5.74, 6) is 0.454. The molecule has 0 aliphatic rings. The van der Waals surface area contributed by atoms with Gasteiger partial charge in [-0.1, -0.05) is 13.8 Å². The fraction of sp³-hybridized carbons (Fsp3) is 0.571. The first-order valence-corrected chi connectivity index (χ1v) is 7.53. The first kappa shape index (κ1) is 14.2. The summed E-state index contributed by atoms with van der Waals surface area (Å²) in [6.07, 6.45) is 2.10. The molecule has 0 saturated heterocycles. The third kappa shape index (κ3) is 3.42. The normalized spacial score (nSPS) is 13.2. The molecule has 2 rings (SSSR count). The van der Waals surface area contributed by atoms with Crippen molar-refractivity contribution in [3.63, 3.8) is 0 Å². The van der Waals surface area contributed by atoms with Crippen molar-refractivity contribution in [2.24, 2.45) is 7.05 Å². The molecule has 0 amide bonds. The lowest BCUT2D eigenvalue weighted by atomic mass is 10.1. The van der Waals surface area contributed by atoms with Crippen molar-refractivity contribution in [2.45, 2.75) is 46.2 Å². The predicted octanol–water partition coefficient (Wildman–Crippen LogP) is 3.16. The molecule has 1 unspecified atom stereocenters. The van der Waals surface area contributed by atoms with Crippen LogP contribution in [0.5, 0.6) is 0 Å². The summed E-state index contributed by atoms with van der Waals surface area (Å²) >= 11 is 1.71. The van der Waals surface area contributed by atoms with Gasteiger partial charge in [-0.2, -0.15) is 5.10 Å². The first-order valence-electron chi connectivity index (χ1n) is 6.65. The van der Waals surface area contributed by atoms with Crippen molar-refractivity contribution >= 4 is 11.3 Å².